The van der Waals surface area contributed by atoms with Crippen LogP contribution in [0, 0.1) is 0 Å². The molecule has 0 amide bonds. The highest BCUT2D eigenvalue weighted by Gasteiger charge is 1.94. The summed E-state index contributed by atoms with van der Waals surface area (Å²) in [5.41, 5.74) is 0. The standard InChI is InChI=1S/4C6H15N.2H2O4S/c4*1-4-7(5-2)6-3;2*1-5(2,3)4/h4*4-6H2,1-3H3;2*(H2,1,2,3,4). The molecule has 0 saturated carbocycles. The lowest BCUT2D eigenvalue weighted by Crippen LogP contribution is -3.11. The SMILES string of the molecule is CC[NH+](CC)CC.CC[NH+](CC)CC.CC[NH+](CC)CC.CC[NH+](CC)CC.O=S(=O)([O-])[O-].O=S(=O)([O-])[O-]. The van der Waals surface area contributed by atoms with Gasteiger partial charge >= 0.3 is 0 Å². The molecule has 0 aromatic carbocycles. The molecule has 0 rings (SSSR count). The molecule has 0 aromatic rings. The van der Waals surface area contributed by atoms with Gasteiger partial charge in [0.2, 0.25) is 0 Å². The molecular weight excluding hydrogens is 536 g/mol. The monoisotopic (exact) mass is 600 g/mol. The first-order valence-electron chi connectivity index (χ1n) is 14.1. The molecule has 0 radical (unpaired) electrons. The maximum Gasteiger partial charge on any atom is 0.0742 e. The van der Waals surface area contributed by atoms with Crippen LogP contribution in [0.1, 0.15) is 83.1 Å². The molecule has 0 aliphatic rings. The predicted octanol–water partition coefficient (Wildman–Crippen LogP) is -2.95. The van der Waals surface area contributed by atoms with Crippen LogP contribution in [0.3, 0.4) is 0 Å². The van der Waals surface area contributed by atoms with Crippen LogP contribution in [0.25, 0.3) is 0 Å². The second kappa shape index (κ2) is 36.6. The van der Waals surface area contributed by atoms with E-state index in [2.05, 4.69) is 83.1 Å². The Morgan fingerprint density at radius 1 is 0.316 bits per heavy atom. The van der Waals surface area contributed by atoms with Crippen LogP contribution in [0.4, 0.5) is 0 Å². The molecule has 0 spiro atoms. The fourth-order valence-electron chi connectivity index (χ4n) is 3.00. The summed E-state index contributed by atoms with van der Waals surface area (Å²) in [5, 5.41) is 0. The molecule has 0 heterocycles. The van der Waals surface area contributed by atoms with Gasteiger partial charge in [0.25, 0.3) is 0 Å². The Morgan fingerprint density at radius 3 is 0.368 bits per heavy atom. The first-order valence-corrected chi connectivity index (χ1v) is 16.7. The quantitative estimate of drug-likeness (QED) is 0.136. The van der Waals surface area contributed by atoms with Crippen molar-refractivity contribution in [2.45, 2.75) is 83.1 Å². The van der Waals surface area contributed by atoms with E-state index in [1.165, 1.54) is 78.5 Å². The van der Waals surface area contributed by atoms with Crippen molar-refractivity contribution in [3.05, 3.63) is 0 Å². The van der Waals surface area contributed by atoms with Crippen molar-refractivity contribution >= 4 is 20.8 Å². The lowest BCUT2D eigenvalue weighted by molar-refractivity contribution is -0.894. The van der Waals surface area contributed by atoms with Gasteiger partial charge in [-0.3, -0.25) is 16.8 Å². The van der Waals surface area contributed by atoms with Crippen LogP contribution in [0.5, 0.6) is 0 Å². The Kier molecular flexibility index (Phi) is 48.5. The number of hydrogen-bond acceptors (Lipinski definition) is 8. The van der Waals surface area contributed by atoms with E-state index in [-0.39, 0.29) is 0 Å². The molecule has 4 N–H and O–H groups in total. The third-order valence-corrected chi connectivity index (χ3v) is 6.00. The lowest BCUT2D eigenvalue weighted by Gasteiger charge is -2.10. The fraction of sp³-hybridized carbons (Fsp3) is 1.00. The third kappa shape index (κ3) is 76.5. The van der Waals surface area contributed by atoms with Gasteiger partial charge in [-0.1, -0.05) is 0 Å². The van der Waals surface area contributed by atoms with Crippen molar-refractivity contribution in [3.8, 4) is 0 Å². The summed E-state index contributed by atoms with van der Waals surface area (Å²) in [6, 6.07) is 0. The summed E-state index contributed by atoms with van der Waals surface area (Å²) in [6.45, 7) is 41.9. The van der Waals surface area contributed by atoms with Gasteiger partial charge in [0.15, 0.2) is 0 Å². The summed E-state index contributed by atoms with van der Waals surface area (Å²) in [7, 11) is -10.3. The molecule has 0 saturated heterocycles. The molecule has 38 heavy (non-hydrogen) atoms. The Morgan fingerprint density at radius 2 is 0.368 bits per heavy atom. The zero-order valence-corrected chi connectivity index (χ0v) is 28.2. The Bertz CT molecular complexity index is 493. The molecule has 0 unspecified atom stereocenters. The van der Waals surface area contributed by atoms with Crippen molar-refractivity contribution in [2.24, 2.45) is 0 Å². The highest BCUT2D eigenvalue weighted by molar-refractivity contribution is 7.79. The van der Waals surface area contributed by atoms with Crippen molar-refractivity contribution in [1.82, 2.24) is 0 Å². The van der Waals surface area contributed by atoms with Gasteiger partial charge in [-0.05, 0) is 83.1 Å². The topological polar surface area (TPSA) is 178 Å². The van der Waals surface area contributed by atoms with Crippen LogP contribution in [-0.4, -0.2) is 114 Å². The maximum absolute atomic E-state index is 8.52. The maximum atomic E-state index is 8.52. The van der Waals surface area contributed by atoms with Crippen LogP contribution in [0.15, 0.2) is 0 Å². The first-order chi connectivity index (χ1) is 17.4. The number of quaternary nitrogens is 4. The first kappa shape index (κ1) is 50.4. The van der Waals surface area contributed by atoms with Crippen molar-refractivity contribution in [1.29, 1.82) is 0 Å². The van der Waals surface area contributed by atoms with Gasteiger partial charge in [-0.2, -0.15) is 0 Å². The molecule has 0 aromatic heterocycles. The van der Waals surface area contributed by atoms with Crippen molar-refractivity contribution in [3.63, 3.8) is 0 Å². The van der Waals surface area contributed by atoms with Crippen LogP contribution in [0.2, 0.25) is 0 Å². The zero-order valence-electron chi connectivity index (χ0n) is 26.6. The van der Waals surface area contributed by atoms with Crippen molar-refractivity contribution in [2.75, 3.05) is 78.5 Å². The highest BCUT2D eigenvalue weighted by atomic mass is 32.3. The molecule has 0 aliphatic carbocycles. The molecule has 0 fully saturated rings. The van der Waals surface area contributed by atoms with Gasteiger partial charge in [0.05, 0.1) is 78.5 Å². The fourth-order valence-corrected chi connectivity index (χ4v) is 3.00. The molecule has 0 atom stereocenters. The van der Waals surface area contributed by atoms with Gasteiger partial charge in [-0.15, -0.1) is 0 Å². The summed E-state index contributed by atoms with van der Waals surface area (Å²) >= 11 is 0. The average Bonchev–Trinajstić information content (AvgIpc) is 2.83. The van der Waals surface area contributed by atoms with Gasteiger partial charge in [0, 0.05) is 20.8 Å². The second-order valence-corrected chi connectivity index (χ2v) is 9.69. The molecule has 12 nitrogen and oxygen atoms in total. The van der Waals surface area contributed by atoms with E-state index in [1.54, 1.807) is 19.6 Å². The molecule has 14 heteroatoms. The lowest BCUT2D eigenvalue weighted by atomic mass is 10.5. The minimum atomic E-state index is -5.17. The van der Waals surface area contributed by atoms with E-state index >= 15 is 0 Å². The van der Waals surface area contributed by atoms with E-state index in [9.17, 15) is 0 Å². The molecule has 0 bridgehead atoms. The smallest absolute Gasteiger partial charge is 0.0742 e. The normalized spacial score (nSPS) is 10.6. The second-order valence-electron chi connectivity index (χ2n) is 8.06. The van der Waals surface area contributed by atoms with Gasteiger partial charge in [0.1, 0.15) is 0 Å². The number of nitrogens with one attached hydrogen (secondary N) is 4. The van der Waals surface area contributed by atoms with Crippen molar-refractivity contribution < 1.29 is 54.6 Å². The third-order valence-electron chi connectivity index (χ3n) is 6.00. The summed E-state index contributed by atoms with van der Waals surface area (Å²) in [4.78, 5) is 6.72. The van der Waals surface area contributed by atoms with E-state index in [4.69, 9.17) is 35.0 Å². The van der Waals surface area contributed by atoms with Gasteiger partial charge < -0.3 is 37.8 Å². The van der Waals surface area contributed by atoms with Crippen LogP contribution >= 0.6 is 0 Å². The summed E-state index contributed by atoms with van der Waals surface area (Å²) in [5.74, 6) is 0. The van der Waals surface area contributed by atoms with Crippen LogP contribution in [-0.2, 0) is 20.8 Å². The predicted molar refractivity (Wildman–Crippen MR) is 151 cm³/mol. The summed E-state index contributed by atoms with van der Waals surface area (Å²) < 4.78 is 68.2. The number of rotatable bonds is 12. The Hall–Kier alpha value is -0.420. The van der Waals surface area contributed by atoms with Gasteiger partial charge in [-0.25, -0.2) is 0 Å². The minimum absolute atomic E-state index is 1.27. The Balaban J connectivity index is -0.0000000813. The van der Waals surface area contributed by atoms with E-state index in [0.717, 1.165) is 0 Å². The molecular formula is C24H64N4O8S2. The Labute approximate surface area is 236 Å². The van der Waals surface area contributed by atoms with Crippen LogP contribution < -0.4 is 19.6 Å². The zero-order chi connectivity index (χ0) is 31.8. The number of hydrogen-bond donors (Lipinski definition) is 4. The highest BCUT2D eigenvalue weighted by Crippen LogP contribution is 1.58. The average molecular weight is 601 g/mol. The largest absolute Gasteiger partial charge is 0.759 e. The summed E-state index contributed by atoms with van der Waals surface area (Å²) in [6.07, 6.45) is 0. The van der Waals surface area contributed by atoms with E-state index in [1.807, 2.05) is 0 Å². The minimum Gasteiger partial charge on any atom is -0.759 e. The molecule has 240 valence electrons. The molecule has 0 aliphatic heterocycles. The van der Waals surface area contributed by atoms with E-state index in [0.29, 0.717) is 0 Å². The van der Waals surface area contributed by atoms with E-state index < -0.39 is 20.8 Å².